The first kappa shape index (κ1) is 30.9. The van der Waals surface area contributed by atoms with Gasteiger partial charge in [0.1, 0.15) is 0 Å². The maximum Gasteiger partial charge on any atom is 0.384 e. The van der Waals surface area contributed by atoms with E-state index >= 15 is 0 Å². The summed E-state index contributed by atoms with van der Waals surface area (Å²) in [5.41, 5.74) is 0. The van der Waals surface area contributed by atoms with Crippen LogP contribution in [0.15, 0.2) is 0 Å². The van der Waals surface area contributed by atoms with E-state index in [-0.39, 0.29) is 0 Å². The van der Waals surface area contributed by atoms with E-state index in [1.54, 1.807) is 0 Å². The van der Waals surface area contributed by atoms with Crippen molar-refractivity contribution in [1.82, 2.24) is 0 Å². The zero-order valence-electron chi connectivity index (χ0n) is 15.9. The van der Waals surface area contributed by atoms with E-state index < -0.39 is 85.2 Å². The smallest absolute Gasteiger partial charge is 0.234 e. The summed E-state index contributed by atoms with van der Waals surface area (Å²) in [5, 5.41) is -16.3. The first-order valence-electron chi connectivity index (χ1n) is 8.31. The molecule has 0 atom stereocenters. The molecule has 0 aliphatic heterocycles. The van der Waals surface area contributed by atoms with Gasteiger partial charge in [0.05, 0.1) is 0 Å². The van der Waals surface area contributed by atoms with E-state index in [1.165, 1.54) is 0 Å². The predicted octanol–water partition coefficient (Wildman–Crippen LogP) is 6.72. The van der Waals surface area contributed by atoms with E-state index in [0.29, 0.717) is 0 Å². The van der Waals surface area contributed by atoms with E-state index in [1.807, 2.05) is 0 Å². The van der Waals surface area contributed by atoms with Gasteiger partial charge in [-0.25, -0.2) is 8.78 Å². The molecule has 0 aromatic rings. The van der Waals surface area contributed by atoms with Crippen LogP contribution in [0, 0.1) is 0 Å². The fourth-order valence-electron chi connectivity index (χ4n) is 3.85. The fraction of sp³-hybridized carbons (Fsp3) is 1.00. The zero-order chi connectivity index (χ0) is 29.6. The molecule has 214 valence electrons. The number of hydrogen-bond acceptors (Lipinski definition) is 0. The lowest BCUT2D eigenvalue weighted by atomic mass is 9.79. The second-order valence-electron chi connectivity index (χ2n) is 7.89. The molecule has 0 unspecified atom stereocenters. The molecule has 0 N–H and O–H groups in total. The predicted molar refractivity (Wildman–Crippen MR) is 70.2 cm³/mol. The Kier molecular flexibility index (Phi) is 5.69. The number of alkyl halides is 22. The summed E-state index contributed by atoms with van der Waals surface area (Å²) in [6, 6.07) is 0. The second-order valence-corrected chi connectivity index (χ2v) is 10.9. The van der Waals surface area contributed by atoms with Crippen molar-refractivity contribution in [3.8, 4) is 0 Å². The summed E-state index contributed by atoms with van der Waals surface area (Å²) < 4.78 is 303. The van der Waals surface area contributed by atoms with Crippen molar-refractivity contribution in [3.63, 3.8) is 0 Å². The van der Waals surface area contributed by atoms with Crippen LogP contribution in [0.25, 0.3) is 0 Å². The summed E-state index contributed by atoms with van der Waals surface area (Å²) in [6.07, 6.45) is 0. The molecule has 0 spiro atoms. The minimum absolute atomic E-state index is 1.67. The molecule has 2 rings (SSSR count). The topological polar surface area (TPSA) is 0 Å². The molecule has 0 amide bonds. The van der Waals surface area contributed by atoms with Gasteiger partial charge in [-0.3, -0.25) is 0 Å². The maximum atomic E-state index is 15.0. The zero-order valence-corrected chi connectivity index (χ0v) is 17.0. The Morgan fingerprint density at radius 1 is 0.250 bits per heavy atom. The molecule has 0 bridgehead atoms. The lowest BCUT2D eigenvalue weighted by molar-refractivity contribution is -0.482. The van der Waals surface area contributed by atoms with Crippen molar-refractivity contribution < 1.29 is 96.6 Å². The largest absolute Gasteiger partial charge is 0.384 e. The Labute approximate surface area is 183 Å². The van der Waals surface area contributed by atoms with Crippen LogP contribution >= 0.6 is 0 Å². The molecule has 0 heterocycles. The first-order valence-corrected chi connectivity index (χ1v) is 10.6. The summed E-state index contributed by atoms with van der Waals surface area (Å²) in [6.45, 7) is -1.67. The fourth-order valence-corrected chi connectivity index (χ4v) is 7.30. The van der Waals surface area contributed by atoms with Crippen LogP contribution in [0.5, 0.6) is 0 Å². The molecule has 0 radical (unpaired) electrons. The average molecular weight is 606 g/mol. The van der Waals surface area contributed by atoms with E-state index in [4.69, 9.17) is 0 Å². The molecule has 2 saturated carbocycles. The van der Waals surface area contributed by atoms with Gasteiger partial charge in [-0.15, -0.1) is 0 Å². The van der Waals surface area contributed by atoms with Crippen LogP contribution in [0.3, 0.4) is 0 Å². The van der Waals surface area contributed by atoms with Crippen LogP contribution in [0.4, 0.5) is 96.6 Å². The van der Waals surface area contributed by atoms with Crippen LogP contribution in [0.1, 0.15) is 0 Å². The van der Waals surface area contributed by atoms with Crippen molar-refractivity contribution in [2.24, 2.45) is 0 Å². The minimum atomic E-state index is -8.46. The minimum Gasteiger partial charge on any atom is -0.234 e. The molecule has 0 saturated heterocycles. The molecule has 2 fully saturated rings. The molecule has 2 aliphatic rings. The average Bonchev–Trinajstić information content (AvgIpc) is 2.68. The van der Waals surface area contributed by atoms with Gasteiger partial charge in [0.2, 0.25) is 10.6 Å². The normalized spacial score (nSPS) is 34.7. The summed E-state index contributed by atoms with van der Waals surface area (Å²) in [4.78, 5) is 0. The highest BCUT2D eigenvalue weighted by atomic mass is 28.3. The van der Waals surface area contributed by atoms with Crippen molar-refractivity contribution >= 4 is 8.80 Å². The molecular formula is C13H4F22Si. The highest BCUT2D eigenvalue weighted by Crippen LogP contribution is 2.75. The van der Waals surface area contributed by atoms with Gasteiger partial charge in [-0.05, 0) is 0 Å². The molecule has 23 heteroatoms. The highest BCUT2D eigenvalue weighted by molar-refractivity contribution is 6.65. The van der Waals surface area contributed by atoms with Crippen molar-refractivity contribution in [2.45, 2.75) is 76.4 Å². The summed E-state index contributed by atoms with van der Waals surface area (Å²) in [5.74, 6) is -82.8. The van der Waals surface area contributed by atoms with E-state index in [0.717, 1.165) is 0 Å². The van der Waals surface area contributed by atoms with E-state index in [9.17, 15) is 96.6 Å². The number of halogens is 22. The SMILES string of the molecule is C[SiH](C1(F)C(F)(F)C(F)(F)C(F)(F)C(F)(F)C1(F)F)C1(F)C(F)(F)C(F)(F)C(F)(F)C(F)(F)C1(F)F. The first-order chi connectivity index (χ1) is 15.2. The van der Waals surface area contributed by atoms with Crippen LogP contribution in [0.2, 0.25) is 6.55 Å². The second kappa shape index (κ2) is 6.62. The Balaban J connectivity index is 3.12. The van der Waals surface area contributed by atoms with Crippen molar-refractivity contribution in [3.05, 3.63) is 0 Å². The van der Waals surface area contributed by atoms with Crippen molar-refractivity contribution in [1.29, 1.82) is 0 Å². The standard InChI is InChI=1S/C13H4F22Si/c1-36(12(34)8(26,27)4(18,19)2(14,15)5(20,21)9(12,28)29)13(35)10(30,31)6(22,23)3(16,17)7(24,25)11(13,32)33/h36H,1H3. The quantitative estimate of drug-likeness (QED) is 0.242. The Morgan fingerprint density at radius 2 is 0.361 bits per heavy atom. The Bertz CT molecular complexity index is 796. The Hall–Kier alpha value is -1.32. The molecule has 0 nitrogen and oxygen atoms in total. The molecule has 0 aromatic carbocycles. The van der Waals surface area contributed by atoms with Crippen LogP contribution < -0.4 is 0 Å². The maximum absolute atomic E-state index is 15.0. The van der Waals surface area contributed by atoms with Gasteiger partial charge < -0.3 is 0 Å². The lowest BCUT2D eigenvalue weighted by Gasteiger charge is -2.59. The third-order valence-electron chi connectivity index (χ3n) is 6.18. The van der Waals surface area contributed by atoms with Gasteiger partial charge in [0.15, 0.2) is 8.80 Å². The molecule has 0 aromatic heterocycles. The monoisotopic (exact) mass is 606 g/mol. The van der Waals surface area contributed by atoms with Gasteiger partial charge in [0, 0.05) is 0 Å². The van der Waals surface area contributed by atoms with Gasteiger partial charge in [-0.2, -0.15) is 87.8 Å². The third kappa shape index (κ3) is 2.33. The van der Waals surface area contributed by atoms with Crippen LogP contribution in [-0.4, -0.2) is 78.6 Å². The highest BCUT2D eigenvalue weighted by Gasteiger charge is 3.07. The van der Waals surface area contributed by atoms with Gasteiger partial charge in [0.25, 0.3) is 0 Å². The van der Waals surface area contributed by atoms with Gasteiger partial charge >= 0.3 is 59.2 Å². The summed E-state index contributed by atoms with van der Waals surface area (Å²) in [7, 11) is -8.46. The molecule has 2 aliphatic carbocycles. The van der Waals surface area contributed by atoms with Crippen LogP contribution in [-0.2, 0) is 0 Å². The Morgan fingerprint density at radius 3 is 0.500 bits per heavy atom. The lowest BCUT2D eigenvalue weighted by Crippen LogP contribution is -2.93. The summed E-state index contributed by atoms with van der Waals surface area (Å²) >= 11 is 0. The third-order valence-corrected chi connectivity index (χ3v) is 10.0. The van der Waals surface area contributed by atoms with E-state index in [2.05, 4.69) is 0 Å². The molecule has 36 heavy (non-hydrogen) atoms. The molecular weight excluding hydrogens is 602 g/mol. The number of hydrogen-bond donors (Lipinski definition) is 0. The van der Waals surface area contributed by atoms with Gasteiger partial charge in [-0.1, -0.05) is 6.55 Å². The number of rotatable bonds is 2. The van der Waals surface area contributed by atoms with Crippen molar-refractivity contribution in [2.75, 3.05) is 0 Å².